The number of aryl methyl sites for hydroxylation is 2. The molecular weight excluding hydrogens is 255 g/mol. The molecule has 19 heavy (non-hydrogen) atoms. The summed E-state index contributed by atoms with van der Waals surface area (Å²) in [7, 11) is 0. The Hall–Kier alpha value is -1.23. The number of rotatable bonds is 5. The second-order valence-corrected chi connectivity index (χ2v) is 4.78. The van der Waals surface area contributed by atoms with Crippen LogP contribution < -0.4 is 10.1 Å². The Balaban J connectivity index is 1.74. The molecule has 5 heteroatoms. The van der Waals surface area contributed by atoms with Crippen LogP contribution in [0, 0.1) is 0 Å². The minimum absolute atomic E-state index is 0.191. The summed E-state index contributed by atoms with van der Waals surface area (Å²) in [5.41, 5.74) is 2.68. The van der Waals surface area contributed by atoms with E-state index in [2.05, 4.69) is 11.4 Å². The lowest BCUT2D eigenvalue weighted by Gasteiger charge is -2.17. The van der Waals surface area contributed by atoms with Crippen molar-refractivity contribution in [1.29, 1.82) is 0 Å². The summed E-state index contributed by atoms with van der Waals surface area (Å²) < 4.78 is 41.1. The number of hydrogen-bond acceptors (Lipinski definition) is 2. The number of halogens is 3. The van der Waals surface area contributed by atoms with E-state index in [-0.39, 0.29) is 13.2 Å². The second kappa shape index (κ2) is 6.28. The van der Waals surface area contributed by atoms with Gasteiger partial charge in [-0.25, -0.2) is 0 Å². The third kappa shape index (κ3) is 4.74. The van der Waals surface area contributed by atoms with Gasteiger partial charge in [-0.3, -0.25) is 0 Å². The zero-order valence-corrected chi connectivity index (χ0v) is 10.7. The van der Waals surface area contributed by atoms with Gasteiger partial charge in [0.15, 0.2) is 0 Å². The molecule has 0 radical (unpaired) electrons. The molecule has 0 saturated heterocycles. The molecule has 1 aliphatic carbocycles. The molecule has 0 fully saturated rings. The standard InChI is InChI=1S/C14H18F3NO/c15-14(16,17)10-18-7-8-19-13-6-5-11-3-1-2-4-12(11)9-13/h5-6,9,18H,1-4,7-8,10H2. The number of alkyl halides is 3. The first-order chi connectivity index (χ1) is 9.04. The van der Waals surface area contributed by atoms with E-state index in [9.17, 15) is 13.2 Å². The van der Waals surface area contributed by atoms with Gasteiger partial charge in [0.2, 0.25) is 0 Å². The van der Waals surface area contributed by atoms with E-state index in [1.54, 1.807) is 0 Å². The van der Waals surface area contributed by atoms with Gasteiger partial charge >= 0.3 is 6.18 Å². The SMILES string of the molecule is FC(F)(F)CNCCOc1ccc2c(c1)CCCC2. The predicted molar refractivity (Wildman–Crippen MR) is 67.5 cm³/mol. The van der Waals surface area contributed by atoms with Gasteiger partial charge in [-0.1, -0.05) is 6.07 Å². The van der Waals surface area contributed by atoms with Gasteiger partial charge in [-0.05, 0) is 48.9 Å². The molecule has 0 bridgehead atoms. The Morgan fingerprint density at radius 2 is 1.84 bits per heavy atom. The average molecular weight is 273 g/mol. The number of nitrogens with one attached hydrogen (secondary N) is 1. The third-order valence-corrected chi connectivity index (χ3v) is 3.19. The van der Waals surface area contributed by atoms with Gasteiger partial charge in [0, 0.05) is 6.54 Å². The highest BCUT2D eigenvalue weighted by atomic mass is 19.4. The quantitative estimate of drug-likeness (QED) is 0.832. The summed E-state index contributed by atoms with van der Waals surface area (Å²) in [6.07, 6.45) is 0.450. The van der Waals surface area contributed by atoms with E-state index in [0.717, 1.165) is 18.6 Å². The van der Waals surface area contributed by atoms with Crippen LogP contribution in [-0.4, -0.2) is 25.9 Å². The highest BCUT2D eigenvalue weighted by Gasteiger charge is 2.25. The molecule has 0 saturated carbocycles. The average Bonchev–Trinajstić information content (AvgIpc) is 2.37. The molecule has 1 aromatic rings. The summed E-state index contributed by atoms with van der Waals surface area (Å²) in [4.78, 5) is 0. The monoisotopic (exact) mass is 273 g/mol. The van der Waals surface area contributed by atoms with Crippen LogP contribution in [0.1, 0.15) is 24.0 Å². The molecule has 1 aliphatic rings. The minimum Gasteiger partial charge on any atom is -0.492 e. The normalized spacial score (nSPS) is 15.1. The van der Waals surface area contributed by atoms with Crippen LogP contribution in [0.4, 0.5) is 13.2 Å². The second-order valence-electron chi connectivity index (χ2n) is 4.78. The van der Waals surface area contributed by atoms with E-state index < -0.39 is 12.7 Å². The zero-order valence-electron chi connectivity index (χ0n) is 10.7. The Labute approximate surface area is 111 Å². The van der Waals surface area contributed by atoms with Crippen molar-refractivity contribution >= 4 is 0 Å². The van der Waals surface area contributed by atoms with Crippen LogP contribution in [0.2, 0.25) is 0 Å². The lowest BCUT2D eigenvalue weighted by molar-refractivity contribution is -0.124. The number of fused-ring (bicyclic) bond motifs is 1. The van der Waals surface area contributed by atoms with Gasteiger partial charge in [-0.2, -0.15) is 13.2 Å². The summed E-state index contributed by atoms with van der Waals surface area (Å²) in [6.45, 7) is -0.536. The molecule has 0 unspecified atom stereocenters. The van der Waals surface area contributed by atoms with Crippen molar-refractivity contribution in [2.75, 3.05) is 19.7 Å². The van der Waals surface area contributed by atoms with Crippen molar-refractivity contribution in [3.8, 4) is 5.75 Å². The summed E-state index contributed by atoms with van der Waals surface area (Å²) >= 11 is 0. The fourth-order valence-corrected chi connectivity index (χ4v) is 2.27. The van der Waals surface area contributed by atoms with Crippen molar-refractivity contribution in [2.45, 2.75) is 31.9 Å². The Kier molecular flexibility index (Phi) is 4.69. The molecule has 2 rings (SSSR count). The lowest BCUT2D eigenvalue weighted by Crippen LogP contribution is -2.31. The summed E-state index contributed by atoms with van der Waals surface area (Å²) in [5.74, 6) is 0.745. The Bertz CT molecular complexity index is 418. The molecule has 0 amide bonds. The summed E-state index contributed by atoms with van der Waals surface area (Å²) in [6, 6.07) is 5.97. The van der Waals surface area contributed by atoms with Crippen molar-refractivity contribution < 1.29 is 17.9 Å². The maximum absolute atomic E-state index is 11.9. The van der Waals surface area contributed by atoms with Crippen LogP contribution in [0.5, 0.6) is 5.75 Å². The van der Waals surface area contributed by atoms with E-state index >= 15 is 0 Å². The fourth-order valence-electron chi connectivity index (χ4n) is 2.27. The van der Waals surface area contributed by atoms with E-state index in [1.165, 1.54) is 24.0 Å². The number of ether oxygens (including phenoxy) is 1. The molecule has 2 nitrogen and oxygen atoms in total. The molecule has 1 aromatic carbocycles. The van der Waals surface area contributed by atoms with Gasteiger partial charge in [-0.15, -0.1) is 0 Å². The maximum Gasteiger partial charge on any atom is 0.401 e. The van der Waals surface area contributed by atoms with Crippen molar-refractivity contribution in [1.82, 2.24) is 5.32 Å². The van der Waals surface area contributed by atoms with Gasteiger partial charge in [0.05, 0.1) is 6.54 Å². The molecular formula is C14H18F3NO. The van der Waals surface area contributed by atoms with Crippen LogP contribution in [0.25, 0.3) is 0 Å². The Morgan fingerprint density at radius 1 is 1.11 bits per heavy atom. The summed E-state index contributed by atoms with van der Waals surface area (Å²) in [5, 5.41) is 2.31. The van der Waals surface area contributed by atoms with Crippen LogP contribution in [-0.2, 0) is 12.8 Å². The minimum atomic E-state index is -4.16. The van der Waals surface area contributed by atoms with E-state index in [4.69, 9.17) is 4.74 Å². The maximum atomic E-state index is 11.9. The molecule has 0 spiro atoms. The molecule has 0 atom stereocenters. The van der Waals surface area contributed by atoms with Crippen molar-refractivity contribution in [2.24, 2.45) is 0 Å². The third-order valence-electron chi connectivity index (χ3n) is 3.19. The molecule has 0 heterocycles. The first-order valence-corrected chi connectivity index (χ1v) is 6.57. The van der Waals surface area contributed by atoms with Crippen molar-refractivity contribution in [3.63, 3.8) is 0 Å². The molecule has 106 valence electrons. The van der Waals surface area contributed by atoms with E-state index in [1.807, 2.05) is 12.1 Å². The predicted octanol–water partition coefficient (Wildman–Crippen LogP) is 3.10. The zero-order chi connectivity index (χ0) is 13.7. The molecule has 0 aliphatic heterocycles. The van der Waals surface area contributed by atoms with Crippen molar-refractivity contribution in [3.05, 3.63) is 29.3 Å². The lowest BCUT2D eigenvalue weighted by atomic mass is 9.92. The first kappa shape index (κ1) is 14.2. The number of hydrogen-bond donors (Lipinski definition) is 1. The van der Waals surface area contributed by atoms with Crippen LogP contribution in [0.15, 0.2) is 18.2 Å². The molecule has 1 N–H and O–H groups in total. The van der Waals surface area contributed by atoms with E-state index in [0.29, 0.717) is 0 Å². The van der Waals surface area contributed by atoms with Gasteiger partial charge < -0.3 is 10.1 Å². The fraction of sp³-hybridized carbons (Fsp3) is 0.571. The number of benzene rings is 1. The van der Waals surface area contributed by atoms with Crippen LogP contribution >= 0.6 is 0 Å². The highest BCUT2D eigenvalue weighted by molar-refractivity contribution is 5.37. The highest BCUT2D eigenvalue weighted by Crippen LogP contribution is 2.25. The first-order valence-electron chi connectivity index (χ1n) is 6.57. The molecule has 0 aromatic heterocycles. The largest absolute Gasteiger partial charge is 0.492 e. The Morgan fingerprint density at radius 3 is 2.58 bits per heavy atom. The van der Waals surface area contributed by atoms with Gasteiger partial charge in [0.1, 0.15) is 12.4 Å². The smallest absolute Gasteiger partial charge is 0.401 e. The van der Waals surface area contributed by atoms with Gasteiger partial charge in [0.25, 0.3) is 0 Å². The topological polar surface area (TPSA) is 21.3 Å². The van der Waals surface area contributed by atoms with Crippen LogP contribution in [0.3, 0.4) is 0 Å².